The Balaban J connectivity index is 2.30. The lowest BCUT2D eigenvalue weighted by atomic mass is 10.2. The Bertz CT molecular complexity index is 645. The van der Waals surface area contributed by atoms with Crippen molar-refractivity contribution in [1.29, 1.82) is 0 Å². The maximum absolute atomic E-state index is 13.6. The molecule has 1 aromatic carbocycles. The molecular weight excluding hydrogens is 254 g/mol. The first-order valence-electron chi connectivity index (χ1n) is 5.39. The summed E-state index contributed by atoms with van der Waals surface area (Å²) in [6, 6.07) is 3.14. The number of aromatic nitrogens is 1. The Kier molecular flexibility index (Phi) is 3.41. The van der Waals surface area contributed by atoms with Crippen LogP contribution >= 0.6 is 0 Å². The SMILES string of the molecule is Cc1cc(F)c(NC(=O)c2ccncc2O)cc1F. The number of nitrogens with zero attached hydrogens (tertiary/aromatic N) is 1. The second kappa shape index (κ2) is 5.01. The maximum atomic E-state index is 13.6. The molecule has 0 bridgehead atoms. The number of amides is 1. The van der Waals surface area contributed by atoms with Crippen LogP contribution in [0.25, 0.3) is 0 Å². The number of nitrogens with one attached hydrogen (secondary N) is 1. The first-order valence-corrected chi connectivity index (χ1v) is 5.39. The molecular formula is C13H10F2N2O2. The smallest absolute Gasteiger partial charge is 0.259 e. The van der Waals surface area contributed by atoms with Gasteiger partial charge in [0, 0.05) is 12.3 Å². The van der Waals surface area contributed by atoms with Gasteiger partial charge in [-0.1, -0.05) is 0 Å². The van der Waals surface area contributed by atoms with Gasteiger partial charge in [-0.15, -0.1) is 0 Å². The van der Waals surface area contributed by atoms with Gasteiger partial charge in [0.2, 0.25) is 0 Å². The predicted octanol–water partition coefficient (Wildman–Crippen LogP) is 2.63. The molecule has 98 valence electrons. The Hall–Kier alpha value is -2.50. The van der Waals surface area contributed by atoms with Crippen LogP contribution in [0.3, 0.4) is 0 Å². The van der Waals surface area contributed by atoms with Crippen LogP contribution in [0, 0.1) is 18.6 Å². The Morgan fingerprint density at radius 1 is 1.32 bits per heavy atom. The van der Waals surface area contributed by atoms with Crippen molar-refractivity contribution in [3.8, 4) is 5.75 Å². The summed E-state index contributed by atoms with van der Waals surface area (Å²) in [5.41, 5.74) is -0.220. The molecule has 0 fully saturated rings. The highest BCUT2D eigenvalue weighted by atomic mass is 19.1. The molecule has 0 aliphatic heterocycles. The number of pyridine rings is 1. The van der Waals surface area contributed by atoms with Gasteiger partial charge in [-0.2, -0.15) is 0 Å². The van der Waals surface area contributed by atoms with Gasteiger partial charge in [-0.05, 0) is 24.6 Å². The third kappa shape index (κ3) is 2.67. The zero-order valence-electron chi connectivity index (χ0n) is 9.95. The number of aryl methyl sites for hydroxylation is 1. The van der Waals surface area contributed by atoms with Crippen molar-refractivity contribution in [2.45, 2.75) is 6.92 Å². The molecule has 2 N–H and O–H groups in total. The average molecular weight is 264 g/mol. The number of halogens is 2. The van der Waals surface area contributed by atoms with Gasteiger partial charge >= 0.3 is 0 Å². The lowest BCUT2D eigenvalue weighted by molar-refractivity contribution is 0.102. The van der Waals surface area contributed by atoms with Crippen LogP contribution in [0.2, 0.25) is 0 Å². The number of carbonyl (C=O) groups excluding carboxylic acids is 1. The van der Waals surface area contributed by atoms with E-state index in [4.69, 9.17) is 0 Å². The molecule has 1 aromatic heterocycles. The molecule has 19 heavy (non-hydrogen) atoms. The van der Waals surface area contributed by atoms with Crippen LogP contribution in [0.4, 0.5) is 14.5 Å². The highest BCUT2D eigenvalue weighted by molar-refractivity contribution is 6.06. The predicted molar refractivity (Wildman–Crippen MR) is 65.0 cm³/mol. The second-order valence-corrected chi connectivity index (χ2v) is 3.93. The highest BCUT2D eigenvalue weighted by Crippen LogP contribution is 2.21. The summed E-state index contributed by atoms with van der Waals surface area (Å²) in [4.78, 5) is 15.4. The second-order valence-electron chi connectivity index (χ2n) is 3.93. The number of anilines is 1. The quantitative estimate of drug-likeness (QED) is 0.876. The van der Waals surface area contributed by atoms with E-state index in [-0.39, 0.29) is 22.6 Å². The van der Waals surface area contributed by atoms with Crippen molar-refractivity contribution in [2.75, 3.05) is 5.32 Å². The summed E-state index contributed by atoms with van der Waals surface area (Å²) in [5.74, 6) is -2.47. The van der Waals surface area contributed by atoms with Gasteiger partial charge in [0.15, 0.2) is 0 Å². The molecule has 2 aromatic rings. The molecule has 0 aliphatic rings. The summed E-state index contributed by atoms with van der Waals surface area (Å²) in [6.07, 6.45) is 2.39. The summed E-state index contributed by atoms with van der Waals surface area (Å²) >= 11 is 0. The van der Waals surface area contributed by atoms with E-state index < -0.39 is 17.5 Å². The fraction of sp³-hybridized carbons (Fsp3) is 0.0769. The van der Waals surface area contributed by atoms with Crippen molar-refractivity contribution in [2.24, 2.45) is 0 Å². The van der Waals surface area contributed by atoms with Crippen molar-refractivity contribution >= 4 is 11.6 Å². The van der Waals surface area contributed by atoms with E-state index in [1.165, 1.54) is 19.2 Å². The van der Waals surface area contributed by atoms with Crippen LogP contribution in [0.1, 0.15) is 15.9 Å². The van der Waals surface area contributed by atoms with Crippen LogP contribution in [-0.2, 0) is 0 Å². The monoisotopic (exact) mass is 264 g/mol. The standard InChI is InChI=1S/C13H10F2N2O2/c1-7-4-10(15)11(5-9(7)14)17-13(19)8-2-3-16-6-12(8)18/h2-6,18H,1H3,(H,17,19). The fourth-order valence-electron chi connectivity index (χ4n) is 1.51. The third-order valence-corrected chi connectivity index (χ3v) is 2.54. The van der Waals surface area contributed by atoms with Gasteiger partial charge in [-0.3, -0.25) is 9.78 Å². The highest BCUT2D eigenvalue weighted by Gasteiger charge is 2.14. The molecule has 0 saturated heterocycles. The molecule has 4 nitrogen and oxygen atoms in total. The molecule has 0 aliphatic carbocycles. The maximum Gasteiger partial charge on any atom is 0.259 e. The van der Waals surface area contributed by atoms with Gasteiger partial charge in [0.25, 0.3) is 5.91 Å². The van der Waals surface area contributed by atoms with Crippen LogP contribution in [0.5, 0.6) is 5.75 Å². The number of benzene rings is 1. The van der Waals surface area contributed by atoms with E-state index >= 15 is 0 Å². The van der Waals surface area contributed by atoms with E-state index in [1.807, 2.05) is 0 Å². The molecule has 1 heterocycles. The minimum absolute atomic E-state index is 0.0737. The van der Waals surface area contributed by atoms with E-state index in [2.05, 4.69) is 10.3 Å². The van der Waals surface area contributed by atoms with Crippen molar-refractivity contribution < 1.29 is 18.7 Å². The van der Waals surface area contributed by atoms with Gasteiger partial charge in [0.05, 0.1) is 17.4 Å². The van der Waals surface area contributed by atoms with E-state index in [0.717, 1.165) is 18.3 Å². The lowest BCUT2D eigenvalue weighted by Crippen LogP contribution is -2.13. The molecule has 0 atom stereocenters. The number of rotatable bonds is 2. The average Bonchev–Trinajstić information content (AvgIpc) is 2.36. The molecule has 0 spiro atoms. The number of hydrogen-bond acceptors (Lipinski definition) is 3. The Morgan fingerprint density at radius 2 is 2.05 bits per heavy atom. The zero-order valence-corrected chi connectivity index (χ0v) is 9.95. The largest absolute Gasteiger partial charge is 0.505 e. The number of hydrogen-bond donors (Lipinski definition) is 2. The van der Waals surface area contributed by atoms with Gasteiger partial charge in [-0.25, -0.2) is 8.78 Å². The lowest BCUT2D eigenvalue weighted by Gasteiger charge is -2.08. The summed E-state index contributed by atoms with van der Waals surface area (Å²) in [7, 11) is 0. The van der Waals surface area contributed by atoms with Crippen LogP contribution in [-0.4, -0.2) is 16.0 Å². The zero-order chi connectivity index (χ0) is 14.0. The summed E-state index contributed by atoms with van der Waals surface area (Å²) in [5, 5.41) is 11.6. The van der Waals surface area contributed by atoms with E-state index in [1.54, 1.807) is 0 Å². The first kappa shape index (κ1) is 12.9. The van der Waals surface area contributed by atoms with Gasteiger partial charge in [0.1, 0.15) is 17.4 Å². The molecule has 0 saturated carbocycles. The summed E-state index contributed by atoms with van der Waals surface area (Å²) < 4.78 is 26.9. The molecule has 6 heteroatoms. The van der Waals surface area contributed by atoms with Crippen molar-refractivity contribution in [3.63, 3.8) is 0 Å². The minimum Gasteiger partial charge on any atom is -0.505 e. The molecule has 2 rings (SSSR count). The number of carbonyl (C=O) groups is 1. The van der Waals surface area contributed by atoms with E-state index in [0.29, 0.717) is 0 Å². The number of aromatic hydroxyl groups is 1. The van der Waals surface area contributed by atoms with Crippen molar-refractivity contribution in [3.05, 3.63) is 53.4 Å². The summed E-state index contributed by atoms with van der Waals surface area (Å²) in [6.45, 7) is 1.42. The van der Waals surface area contributed by atoms with Gasteiger partial charge < -0.3 is 10.4 Å². The molecule has 0 radical (unpaired) electrons. The normalized spacial score (nSPS) is 10.3. The molecule has 1 amide bonds. The Labute approximate surface area is 107 Å². The first-order chi connectivity index (χ1) is 8.99. The van der Waals surface area contributed by atoms with E-state index in [9.17, 15) is 18.7 Å². The Morgan fingerprint density at radius 3 is 2.74 bits per heavy atom. The minimum atomic E-state index is -0.749. The third-order valence-electron chi connectivity index (χ3n) is 2.54. The van der Waals surface area contributed by atoms with Crippen molar-refractivity contribution in [1.82, 2.24) is 4.98 Å². The van der Waals surface area contributed by atoms with Crippen LogP contribution < -0.4 is 5.32 Å². The fourth-order valence-corrected chi connectivity index (χ4v) is 1.51. The van der Waals surface area contributed by atoms with Crippen LogP contribution in [0.15, 0.2) is 30.6 Å². The topological polar surface area (TPSA) is 62.2 Å². The molecule has 0 unspecified atom stereocenters.